The van der Waals surface area contributed by atoms with E-state index in [1.807, 2.05) is 0 Å². The van der Waals surface area contributed by atoms with E-state index in [0.717, 1.165) is 25.7 Å². The molecular weight excluding hydrogens is 586 g/mol. The van der Waals surface area contributed by atoms with E-state index in [-0.39, 0.29) is 61.7 Å². The minimum Gasteiger partial charge on any atom is -0.550 e. The van der Waals surface area contributed by atoms with Crippen LogP contribution in [0, 0.1) is 0 Å². The molecule has 0 aromatic rings. The van der Waals surface area contributed by atoms with Crippen LogP contribution in [0.4, 0.5) is 0 Å². The van der Waals surface area contributed by atoms with Crippen molar-refractivity contribution in [3.63, 3.8) is 0 Å². The molecule has 4 nitrogen and oxygen atoms in total. The minimum atomic E-state index is -0.907. The van der Waals surface area contributed by atoms with E-state index >= 15 is 0 Å². The zero-order valence-electron chi connectivity index (χ0n) is 25.1. The van der Waals surface area contributed by atoms with Gasteiger partial charge in [0, 0.05) is 11.9 Å². The van der Waals surface area contributed by atoms with Crippen molar-refractivity contribution in [1.82, 2.24) is 0 Å². The van der Waals surface area contributed by atoms with Crippen molar-refractivity contribution < 1.29 is 19.8 Å². The molecule has 0 N–H and O–H groups in total. The quantitative estimate of drug-likeness (QED) is 0.0636. The van der Waals surface area contributed by atoms with E-state index in [0.29, 0.717) is 0 Å². The fraction of sp³-hybridized carbons (Fsp3) is 0.938. The van der Waals surface area contributed by atoms with Gasteiger partial charge in [-0.05, 0) is 25.7 Å². The van der Waals surface area contributed by atoms with Gasteiger partial charge in [-0.15, -0.1) is 0 Å². The molecule has 0 saturated carbocycles. The molecule has 0 aliphatic carbocycles. The minimum absolute atomic E-state index is 0. The molecule has 0 aliphatic heterocycles. The first-order chi connectivity index (χ1) is 17.5. The molecule has 0 aromatic heterocycles. The van der Waals surface area contributed by atoms with Gasteiger partial charge in [0.1, 0.15) is 0 Å². The number of aliphatic carboxylic acids is 2. The molecule has 37 heavy (non-hydrogen) atoms. The maximum absolute atomic E-state index is 10.2. The average molecular weight is 648 g/mol. The molecule has 0 heterocycles. The van der Waals surface area contributed by atoms with Crippen LogP contribution in [0.2, 0.25) is 0 Å². The van der Waals surface area contributed by atoms with Crippen molar-refractivity contribution in [2.24, 2.45) is 0 Å². The number of carboxylic acids is 2. The molecular formula is C32H62BaO4. The van der Waals surface area contributed by atoms with Gasteiger partial charge in [0.25, 0.3) is 0 Å². The summed E-state index contributed by atoms with van der Waals surface area (Å²) in [6.45, 7) is 4.51. The molecule has 0 aliphatic rings. The van der Waals surface area contributed by atoms with Crippen LogP contribution in [0.5, 0.6) is 0 Å². The van der Waals surface area contributed by atoms with E-state index in [9.17, 15) is 19.8 Å². The topological polar surface area (TPSA) is 80.3 Å². The summed E-state index contributed by atoms with van der Waals surface area (Å²) in [6.07, 6.45) is 33.9. The number of hydrogen-bond donors (Lipinski definition) is 0. The largest absolute Gasteiger partial charge is 2.00 e. The third kappa shape index (κ3) is 46.7. The monoisotopic (exact) mass is 648 g/mol. The summed E-state index contributed by atoms with van der Waals surface area (Å²) >= 11 is 0. The summed E-state index contributed by atoms with van der Waals surface area (Å²) in [5.41, 5.74) is 0. The Morgan fingerprint density at radius 2 is 0.514 bits per heavy atom. The third-order valence-corrected chi connectivity index (χ3v) is 6.97. The van der Waals surface area contributed by atoms with Gasteiger partial charge in [-0.2, -0.15) is 0 Å². The smallest absolute Gasteiger partial charge is 0.550 e. The normalized spacial score (nSPS) is 10.4. The van der Waals surface area contributed by atoms with Crippen LogP contribution >= 0.6 is 0 Å². The Bertz CT molecular complexity index is 443. The predicted octanol–water partition coefficient (Wildman–Crippen LogP) is 8.05. The van der Waals surface area contributed by atoms with E-state index < -0.39 is 11.9 Å². The van der Waals surface area contributed by atoms with Gasteiger partial charge in [0.2, 0.25) is 0 Å². The van der Waals surface area contributed by atoms with Crippen molar-refractivity contribution in [2.75, 3.05) is 0 Å². The van der Waals surface area contributed by atoms with E-state index in [2.05, 4.69) is 13.8 Å². The first-order valence-electron chi connectivity index (χ1n) is 15.9. The zero-order chi connectivity index (χ0) is 27.0. The third-order valence-electron chi connectivity index (χ3n) is 6.97. The summed E-state index contributed by atoms with van der Waals surface area (Å²) in [5, 5.41) is 20.4. The second kappa shape index (κ2) is 38.7. The Hall–Kier alpha value is 0.511. The molecule has 5 heteroatoms. The van der Waals surface area contributed by atoms with Gasteiger partial charge in [0.15, 0.2) is 0 Å². The van der Waals surface area contributed by atoms with Crippen LogP contribution in [0.25, 0.3) is 0 Å². The van der Waals surface area contributed by atoms with E-state index in [1.165, 1.54) is 141 Å². The second-order valence-electron chi connectivity index (χ2n) is 10.7. The summed E-state index contributed by atoms with van der Waals surface area (Å²) in [5.74, 6) is -1.81. The Morgan fingerprint density at radius 1 is 0.351 bits per heavy atom. The Balaban J connectivity index is -0.000000623. The molecule has 0 fully saturated rings. The second-order valence-corrected chi connectivity index (χ2v) is 10.7. The van der Waals surface area contributed by atoms with Crippen LogP contribution in [0.1, 0.15) is 194 Å². The number of carbonyl (C=O) groups excluding carboxylic acids is 2. The van der Waals surface area contributed by atoms with Crippen molar-refractivity contribution in [2.45, 2.75) is 194 Å². The SMILES string of the molecule is CCCCCCCCCCCCCC(=O)[O-].CCCCCCCCCCCCCCCCCC(=O)[O-].[Ba+2]. The summed E-state index contributed by atoms with van der Waals surface area (Å²) in [4.78, 5) is 20.4. The Labute approximate surface area is 272 Å². The van der Waals surface area contributed by atoms with Gasteiger partial charge in [-0.1, -0.05) is 168 Å². The van der Waals surface area contributed by atoms with Crippen LogP contribution in [0.3, 0.4) is 0 Å². The van der Waals surface area contributed by atoms with Crippen molar-refractivity contribution in [3.05, 3.63) is 0 Å². The zero-order valence-corrected chi connectivity index (χ0v) is 29.6. The van der Waals surface area contributed by atoms with Crippen LogP contribution < -0.4 is 10.2 Å². The van der Waals surface area contributed by atoms with Gasteiger partial charge >= 0.3 is 48.9 Å². The first-order valence-corrected chi connectivity index (χ1v) is 15.9. The maximum atomic E-state index is 10.2. The van der Waals surface area contributed by atoms with Crippen molar-refractivity contribution in [1.29, 1.82) is 0 Å². The Morgan fingerprint density at radius 3 is 0.676 bits per heavy atom. The molecule has 0 rings (SSSR count). The van der Waals surface area contributed by atoms with Crippen LogP contribution in [-0.2, 0) is 9.59 Å². The number of carboxylic acid groups (broad SMARTS) is 2. The standard InChI is InChI=1S/C18H36O2.C14H28O2.Ba/c1-2-3-4-5-6-7-8-9-10-11-12-13-14-15-16-17-18(19)20;1-2-3-4-5-6-7-8-9-10-11-12-13-14(15)16;/h2-17H2,1H3,(H,19,20);2-13H2,1H3,(H,15,16);/q;;+2/p-2. The van der Waals surface area contributed by atoms with Gasteiger partial charge < -0.3 is 19.8 Å². The molecule has 0 aromatic carbocycles. The van der Waals surface area contributed by atoms with E-state index in [4.69, 9.17) is 0 Å². The number of unbranched alkanes of at least 4 members (excludes halogenated alkanes) is 24. The van der Waals surface area contributed by atoms with Crippen LogP contribution in [0.15, 0.2) is 0 Å². The maximum Gasteiger partial charge on any atom is 2.00 e. The van der Waals surface area contributed by atoms with E-state index in [1.54, 1.807) is 0 Å². The molecule has 0 atom stereocenters. The molecule has 0 amide bonds. The number of hydrogen-bond acceptors (Lipinski definition) is 4. The van der Waals surface area contributed by atoms with Gasteiger partial charge in [-0.25, -0.2) is 0 Å². The Kier molecular flexibility index (Phi) is 43.9. The summed E-state index contributed by atoms with van der Waals surface area (Å²) < 4.78 is 0. The van der Waals surface area contributed by atoms with Crippen molar-refractivity contribution in [3.8, 4) is 0 Å². The molecule has 0 saturated heterocycles. The molecule has 216 valence electrons. The fourth-order valence-electron chi connectivity index (χ4n) is 4.57. The number of rotatable bonds is 28. The predicted molar refractivity (Wildman–Crippen MR) is 156 cm³/mol. The fourth-order valence-corrected chi connectivity index (χ4v) is 4.57. The molecule has 0 unspecified atom stereocenters. The van der Waals surface area contributed by atoms with Gasteiger partial charge in [0.05, 0.1) is 0 Å². The molecule has 0 spiro atoms. The molecule has 0 radical (unpaired) electrons. The summed E-state index contributed by atoms with van der Waals surface area (Å²) in [7, 11) is 0. The van der Waals surface area contributed by atoms with Crippen molar-refractivity contribution >= 4 is 60.8 Å². The first kappa shape index (κ1) is 42.0. The average Bonchev–Trinajstić information content (AvgIpc) is 2.85. The molecule has 0 bridgehead atoms. The van der Waals surface area contributed by atoms with Crippen LogP contribution in [-0.4, -0.2) is 60.8 Å². The summed E-state index contributed by atoms with van der Waals surface area (Å²) in [6, 6.07) is 0. The number of carbonyl (C=O) groups is 2. The van der Waals surface area contributed by atoms with Gasteiger partial charge in [-0.3, -0.25) is 0 Å².